The third-order valence-corrected chi connectivity index (χ3v) is 3.75. The molecule has 1 atom stereocenters. The second-order valence-corrected chi connectivity index (χ2v) is 5.70. The molecule has 0 aromatic heterocycles. The summed E-state index contributed by atoms with van der Waals surface area (Å²) < 4.78 is 0. The second-order valence-electron chi connectivity index (χ2n) is 5.30. The third kappa shape index (κ3) is 3.19. The Morgan fingerprint density at radius 1 is 1.53 bits per heavy atom. The molecule has 1 saturated heterocycles. The van der Waals surface area contributed by atoms with E-state index in [0.717, 1.165) is 25.9 Å². The highest BCUT2D eigenvalue weighted by Gasteiger charge is 2.30. The maximum atomic E-state index is 12.6. The van der Waals surface area contributed by atoms with Crippen molar-refractivity contribution in [2.45, 2.75) is 18.9 Å². The maximum absolute atomic E-state index is 12.6. The first-order valence-electron chi connectivity index (χ1n) is 6.50. The van der Waals surface area contributed by atoms with E-state index in [1.54, 1.807) is 18.2 Å². The van der Waals surface area contributed by atoms with Crippen molar-refractivity contribution in [1.82, 2.24) is 9.80 Å². The molecule has 0 saturated carbocycles. The molecule has 5 heteroatoms. The van der Waals surface area contributed by atoms with Crippen LogP contribution in [-0.2, 0) is 0 Å². The van der Waals surface area contributed by atoms with E-state index in [-0.39, 0.29) is 11.9 Å². The minimum atomic E-state index is 0.00866. The Morgan fingerprint density at radius 3 is 2.89 bits per heavy atom. The Balaban J connectivity index is 2.18. The van der Waals surface area contributed by atoms with Crippen molar-refractivity contribution in [2.24, 2.45) is 0 Å². The van der Waals surface area contributed by atoms with Crippen molar-refractivity contribution >= 4 is 23.2 Å². The van der Waals surface area contributed by atoms with Gasteiger partial charge in [-0.15, -0.1) is 0 Å². The fourth-order valence-corrected chi connectivity index (χ4v) is 2.84. The Kier molecular flexibility index (Phi) is 4.32. The lowest BCUT2D eigenvalue weighted by atomic mass is 10.1. The van der Waals surface area contributed by atoms with Crippen LogP contribution in [0.1, 0.15) is 23.2 Å². The molecule has 2 rings (SSSR count). The molecule has 2 N–H and O–H groups in total. The van der Waals surface area contributed by atoms with Crippen LogP contribution in [0.25, 0.3) is 0 Å². The molecule has 1 aliphatic heterocycles. The van der Waals surface area contributed by atoms with E-state index in [1.165, 1.54) is 0 Å². The van der Waals surface area contributed by atoms with Crippen molar-refractivity contribution < 1.29 is 4.79 Å². The molecule has 1 unspecified atom stereocenters. The van der Waals surface area contributed by atoms with Gasteiger partial charge in [-0.3, -0.25) is 4.79 Å². The summed E-state index contributed by atoms with van der Waals surface area (Å²) in [4.78, 5) is 16.6. The number of carbonyl (C=O) groups excluding carboxylic acids is 1. The average Bonchev–Trinajstić information content (AvgIpc) is 2.75. The number of benzene rings is 1. The van der Waals surface area contributed by atoms with E-state index < -0.39 is 0 Å². The van der Waals surface area contributed by atoms with Gasteiger partial charge in [-0.05, 0) is 45.1 Å². The number of hydrogen-bond acceptors (Lipinski definition) is 3. The summed E-state index contributed by atoms with van der Waals surface area (Å²) in [6.45, 7) is 1.69. The fraction of sp³-hybridized carbons (Fsp3) is 0.500. The molecule has 104 valence electrons. The normalized spacial score (nSPS) is 19.2. The van der Waals surface area contributed by atoms with Crippen LogP contribution < -0.4 is 5.73 Å². The molecule has 0 bridgehead atoms. The number of anilines is 1. The number of carbonyl (C=O) groups is 1. The van der Waals surface area contributed by atoms with Crippen LogP contribution in [0.5, 0.6) is 0 Å². The number of likely N-dealkylation sites (N-methyl/N-ethyl adjacent to an activating group) is 1. The molecule has 1 aliphatic rings. The lowest BCUT2D eigenvalue weighted by Gasteiger charge is -2.27. The van der Waals surface area contributed by atoms with Crippen LogP contribution in [0.3, 0.4) is 0 Å². The summed E-state index contributed by atoms with van der Waals surface area (Å²) in [5, 5.41) is 0.431. The van der Waals surface area contributed by atoms with E-state index in [2.05, 4.69) is 4.90 Å². The summed E-state index contributed by atoms with van der Waals surface area (Å²) in [5.41, 5.74) is 6.78. The summed E-state index contributed by atoms with van der Waals surface area (Å²) in [5.74, 6) is 0.00866. The smallest absolute Gasteiger partial charge is 0.255 e. The predicted molar refractivity (Wildman–Crippen MR) is 78.5 cm³/mol. The van der Waals surface area contributed by atoms with Crippen LogP contribution in [0.2, 0.25) is 5.02 Å². The molecule has 1 aromatic carbocycles. The van der Waals surface area contributed by atoms with E-state index in [0.29, 0.717) is 16.3 Å². The number of nitrogen functional groups attached to an aromatic ring is 1. The van der Waals surface area contributed by atoms with Crippen molar-refractivity contribution in [2.75, 3.05) is 32.9 Å². The highest BCUT2D eigenvalue weighted by atomic mass is 35.5. The zero-order chi connectivity index (χ0) is 14.0. The topological polar surface area (TPSA) is 49.6 Å². The van der Waals surface area contributed by atoms with Crippen molar-refractivity contribution in [1.29, 1.82) is 0 Å². The lowest BCUT2D eigenvalue weighted by Crippen LogP contribution is -2.41. The van der Waals surface area contributed by atoms with Crippen LogP contribution in [0.15, 0.2) is 18.2 Å². The van der Waals surface area contributed by atoms with Gasteiger partial charge >= 0.3 is 0 Å². The number of amides is 1. The Morgan fingerprint density at radius 2 is 2.26 bits per heavy atom. The highest BCUT2D eigenvalue weighted by molar-refractivity contribution is 6.34. The number of likely N-dealkylation sites (tertiary alicyclic amines) is 1. The molecular formula is C14H20ClN3O. The van der Waals surface area contributed by atoms with Gasteiger partial charge in [-0.2, -0.15) is 0 Å². The molecule has 19 heavy (non-hydrogen) atoms. The van der Waals surface area contributed by atoms with E-state index in [4.69, 9.17) is 17.3 Å². The van der Waals surface area contributed by atoms with Gasteiger partial charge in [0.25, 0.3) is 5.91 Å². The van der Waals surface area contributed by atoms with E-state index >= 15 is 0 Å². The molecule has 0 aliphatic carbocycles. The predicted octanol–water partition coefficient (Wildman–Crippen LogP) is 2.09. The Labute approximate surface area is 119 Å². The van der Waals surface area contributed by atoms with Crippen LogP contribution in [0.4, 0.5) is 5.69 Å². The zero-order valence-electron chi connectivity index (χ0n) is 11.4. The molecule has 1 amide bonds. The largest absolute Gasteiger partial charge is 0.399 e. The second kappa shape index (κ2) is 5.80. The van der Waals surface area contributed by atoms with Crippen molar-refractivity contribution in [3.8, 4) is 0 Å². The quantitative estimate of drug-likeness (QED) is 0.863. The number of nitrogens with two attached hydrogens (primary N) is 1. The molecule has 0 radical (unpaired) electrons. The van der Waals surface area contributed by atoms with E-state index in [1.807, 2.05) is 19.0 Å². The zero-order valence-corrected chi connectivity index (χ0v) is 12.2. The van der Waals surface area contributed by atoms with Crippen molar-refractivity contribution in [3.05, 3.63) is 28.8 Å². The lowest BCUT2D eigenvalue weighted by molar-refractivity contribution is 0.0716. The standard InChI is InChI=1S/C14H20ClN3O/c1-17(2)9-11-4-3-7-18(11)14(19)12-6-5-10(16)8-13(12)15/h5-6,8,11H,3-4,7,9,16H2,1-2H3. The van der Waals surface area contributed by atoms with E-state index in [9.17, 15) is 4.79 Å². The molecule has 4 nitrogen and oxygen atoms in total. The van der Waals surface area contributed by atoms with Gasteiger partial charge in [-0.25, -0.2) is 0 Å². The third-order valence-electron chi connectivity index (χ3n) is 3.44. The maximum Gasteiger partial charge on any atom is 0.255 e. The fourth-order valence-electron chi connectivity index (χ4n) is 2.57. The van der Waals surface area contributed by atoms with Gasteiger partial charge in [0.2, 0.25) is 0 Å². The SMILES string of the molecule is CN(C)CC1CCCN1C(=O)c1ccc(N)cc1Cl. The van der Waals surface area contributed by atoms with Crippen molar-refractivity contribution in [3.63, 3.8) is 0 Å². The number of rotatable bonds is 3. The minimum Gasteiger partial charge on any atom is -0.399 e. The first kappa shape index (κ1) is 14.2. The highest BCUT2D eigenvalue weighted by Crippen LogP contribution is 2.25. The summed E-state index contributed by atoms with van der Waals surface area (Å²) in [7, 11) is 4.05. The monoisotopic (exact) mass is 281 g/mol. The summed E-state index contributed by atoms with van der Waals surface area (Å²) >= 11 is 6.12. The number of halogens is 1. The van der Waals surface area contributed by atoms with Crippen LogP contribution in [-0.4, -0.2) is 48.9 Å². The van der Waals surface area contributed by atoms with Gasteiger partial charge < -0.3 is 15.5 Å². The Bertz CT molecular complexity index is 476. The van der Waals surface area contributed by atoms with Gasteiger partial charge in [0, 0.05) is 24.8 Å². The molecule has 0 spiro atoms. The first-order chi connectivity index (χ1) is 8.99. The van der Waals surface area contributed by atoms with Crippen LogP contribution >= 0.6 is 11.6 Å². The number of hydrogen-bond donors (Lipinski definition) is 1. The Hall–Kier alpha value is -1.26. The summed E-state index contributed by atoms with van der Waals surface area (Å²) in [6.07, 6.45) is 2.10. The molecule has 1 aromatic rings. The minimum absolute atomic E-state index is 0.00866. The van der Waals surface area contributed by atoms with Crippen LogP contribution in [0, 0.1) is 0 Å². The number of nitrogens with zero attached hydrogens (tertiary/aromatic N) is 2. The first-order valence-corrected chi connectivity index (χ1v) is 6.87. The van der Waals surface area contributed by atoms with Gasteiger partial charge in [0.05, 0.1) is 10.6 Å². The van der Waals surface area contributed by atoms with Gasteiger partial charge in [-0.1, -0.05) is 11.6 Å². The molecular weight excluding hydrogens is 262 g/mol. The average molecular weight is 282 g/mol. The van der Waals surface area contributed by atoms with Gasteiger partial charge in [0.15, 0.2) is 0 Å². The summed E-state index contributed by atoms with van der Waals surface area (Å²) in [6, 6.07) is 5.34. The molecule has 1 fully saturated rings. The molecule has 1 heterocycles. The van der Waals surface area contributed by atoms with Gasteiger partial charge in [0.1, 0.15) is 0 Å².